The van der Waals surface area contributed by atoms with Gasteiger partial charge in [0, 0.05) is 23.5 Å². The zero-order valence-corrected chi connectivity index (χ0v) is 13.6. The standard InChI is InChI=1S/C14H18ClN3OS/c1-14(2,3)12-17-13(20-18-12)16-8-9-5-6-11(19-4)10(15)7-9/h5-7H,8H2,1-4H3,(H,16,17,18). The lowest BCUT2D eigenvalue weighted by Crippen LogP contribution is -2.13. The quantitative estimate of drug-likeness (QED) is 0.923. The monoisotopic (exact) mass is 311 g/mol. The molecule has 0 radical (unpaired) electrons. The van der Waals surface area contributed by atoms with Crippen molar-refractivity contribution < 1.29 is 4.74 Å². The van der Waals surface area contributed by atoms with E-state index in [0.717, 1.165) is 16.5 Å². The fourth-order valence-electron chi connectivity index (χ4n) is 1.60. The van der Waals surface area contributed by atoms with Crippen LogP contribution in [0.1, 0.15) is 32.2 Å². The molecule has 1 N–H and O–H groups in total. The van der Waals surface area contributed by atoms with Crippen LogP contribution >= 0.6 is 23.1 Å². The third-order valence-electron chi connectivity index (χ3n) is 2.76. The van der Waals surface area contributed by atoms with Crippen LogP contribution in [0.15, 0.2) is 18.2 Å². The van der Waals surface area contributed by atoms with Crippen molar-refractivity contribution in [2.75, 3.05) is 12.4 Å². The molecule has 0 unspecified atom stereocenters. The summed E-state index contributed by atoms with van der Waals surface area (Å²) in [5.74, 6) is 1.54. The molecule has 0 spiro atoms. The van der Waals surface area contributed by atoms with Crippen LogP contribution in [0.2, 0.25) is 5.02 Å². The number of halogens is 1. The van der Waals surface area contributed by atoms with Gasteiger partial charge in [0.25, 0.3) is 0 Å². The lowest BCUT2D eigenvalue weighted by atomic mass is 9.96. The van der Waals surface area contributed by atoms with Crippen LogP contribution < -0.4 is 10.1 Å². The Morgan fingerprint density at radius 2 is 2.10 bits per heavy atom. The SMILES string of the molecule is COc1ccc(CNc2nc(C(C)(C)C)ns2)cc1Cl. The van der Waals surface area contributed by atoms with Crippen LogP contribution in [0, 0.1) is 0 Å². The van der Waals surface area contributed by atoms with Gasteiger partial charge in [-0.15, -0.1) is 0 Å². The molecule has 2 aromatic rings. The molecule has 108 valence electrons. The average Bonchev–Trinajstić information content (AvgIpc) is 2.85. The fraction of sp³-hybridized carbons (Fsp3) is 0.429. The van der Waals surface area contributed by atoms with Gasteiger partial charge in [0.1, 0.15) is 11.6 Å². The minimum atomic E-state index is -0.0279. The number of methoxy groups -OCH3 is 1. The topological polar surface area (TPSA) is 47.0 Å². The average molecular weight is 312 g/mol. The van der Waals surface area contributed by atoms with Gasteiger partial charge in [-0.3, -0.25) is 0 Å². The Bertz CT molecular complexity index is 592. The molecule has 4 nitrogen and oxygen atoms in total. The maximum absolute atomic E-state index is 6.10. The zero-order valence-electron chi connectivity index (χ0n) is 12.0. The number of rotatable bonds is 4. The van der Waals surface area contributed by atoms with Crippen molar-refractivity contribution >= 4 is 28.3 Å². The molecule has 0 saturated heterocycles. The second-order valence-electron chi connectivity index (χ2n) is 5.50. The van der Waals surface area contributed by atoms with Gasteiger partial charge >= 0.3 is 0 Å². The minimum absolute atomic E-state index is 0.0279. The van der Waals surface area contributed by atoms with Crippen molar-refractivity contribution in [2.24, 2.45) is 0 Å². The molecule has 6 heteroatoms. The van der Waals surface area contributed by atoms with Crippen molar-refractivity contribution in [3.8, 4) is 5.75 Å². The molecular weight excluding hydrogens is 294 g/mol. The molecule has 0 saturated carbocycles. The predicted octanol–water partition coefficient (Wildman–Crippen LogP) is 4.11. The van der Waals surface area contributed by atoms with Gasteiger partial charge < -0.3 is 10.1 Å². The number of nitrogens with zero attached hydrogens (tertiary/aromatic N) is 2. The van der Waals surface area contributed by atoms with E-state index in [0.29, 0.717) is 17.3 Å². The summed E-state index contributed by atoms with van der Waals surface area (Å²) in [5, 5.41) is 4.70. The van der Waals surface area contributed by atoms with Crippen molar-refractivity contribution in [1.82, 2.24) is 9.36 Å². The van der Waals surface area contributed by atoms with Gasteiger partial charge in [-0.25, -0.2) is 4.98 Å². The molecule has 1 aromatic heterocycles. The van der Waals surface area contributed by atoms with Crippen LogP contribution in [-0.2, 0) is 12.0 Å². The van der Waals surface area contributed by atoms with Crippen LogP contribution in [0.3, 0.4) is 0 Å². The van der Waals surface area contributed by atoms with Crippen LogP contribution in [-0.4, -0.2) is 16.5 Å². The first-order valence-corrected chi connectivity index (χ1v) is 7.46. The Balaban J connectivity index is 2.02. The third kappa shape index (κ3) is 3.61. The highest BCUT2D eigenvalue weighted by Crippen LogP contribution is 2.26. The Kier molecular flexibility index (Phi) is 4.50. The lowest BCUT2D eigenvalue weighted by Gasteiger charge is -2.12. The van der Waals surface area contributed by atoms with E-state index in [2.05, 4.69) is 35.4 Å². The van der Waals surface area contributed by atoms with Gasteiger partial charge in [0.05, 0.1) is 12.1 Å². The summed E-state index contributed by atoms with van der Waals surface area (Å²) in [4.78, 5) is 4.49. The first kappa shape index (κ1) is 15.1. The van der Waals surface area contributed by atoms with E-state index in [1.165, 1.54) is 11.5 Å². The summed E-state index contributed by atoms with van der Waals surface area (Å²) in [7, 11) is 1.61. The van der Waals surface area contributed by atoms with Crippen LogP contribution in [0.5, 0.6) is 5.75 Å². The number of ether oxygens (including phenoxy) is 1. The van der Waals surface area contributed by atoms with Gasteiger partial charge in [-0.2, -0.15) is 4.37 Å². The molecule has 1 heterocycles. The Hall–Kier alpha value is -1.33. The van der Waals surface area contributed by atoms with E-state index in [9.17, 15) is 0 Å². The second kappa shape index (κ2) is 5.97. The summed E-state index contributed by atoms with van der Waals surface area (Å²) < 4.78 is 9.50. The molecule has 0 amide bonds. The summed E-state index contributed by atoms with van der Waals surface area (Å²) in [6, 6.07) is 5.72. The summed E-state index contributed by atoms with van der Waals surface area (Å²) in [5.41, 5.74) is 1.04. The molecule has 2 rings (SSSR count). The fourth-order valence-corrected chi connectivity index (χ4v) is 2.63. The number of aromatic nitrogens is 2. The zero-order chi connectivity index (χ0) is 14.8. The van der Waals surface area contributed by atoms with Gasteiger partial charge in [-0.05, 0) is 17.7 Å². The van der Waals surface area contributed by atoms with Crippen molar-refractivity contribution in [2.45, 2.75) is 32.7 Å². The van der Waals surface area contributed by atoms with E-state index >= 15 is 0 Å². The Morgan fingerprint density at radius 3 is 2.65 bits per heavy atom. The normalized spacial score (nSPS) is 11.4. The summed E-state index contributed by atoms with van der Waals surface area (Å²) in [6.07, 6.45) is 0. The second-order valence-corrected chi connectivity index (χ2v) is 6.65. The van der Waals surface area contributed by atoms with E-state index in [4.69, 9.17) is 16.3 Å². The number of anilines is 1. The molecule has 0 fully saturated rings. The number of benzene rings is 1. The van der Waals surface area contributed by atoms with E-state index in [-0.39, 0.29) is 5.41 Å². The Labute approximate surface area is 128 Å². The first-order chi connectivity index (χ1) is 9.40. The third-order valence-corrected chi connectivity index (χ3v) is 3.72. The molecular formula is C14H18ClN3OS. The van der Waals surface area contributed by atoms with Gasteiger partial charge in [0.15, 0.2) is 0 Å². The smallest absolute Gasteiger partial charge is 0.202 e. The molecule has 0 aliphatic rings. The van der Waals surface area contributed by atoms with Crippen LogP contribution in [0.25, 0.3) is 0 Å². The molecule has 20 heavy (non-hydrogen) atoms. The number of hydrogen-bond acceptors (Lipinski definition) is 5. The largest absolute Gasteiger partial charge is 0.495 e. The van der Waals surface area contributed by atoms with E-state index in [1.54, 1.807) is 7.11 Å². The number of nitrogens with one attached hydrogen (secondary N) is 1. The van der Waals surface area contributed by atoms with Gasteiger partial charge in [-0.1, -0.05) is 38.4 Å². The van der Waals surface area contributed by atoms with Crippen molar-refractivity contribution in [3.63, 3.8) is 0 Å². The maximum atomic E-state index is 6.10. The molecule has 0 bridgehead atoms. The van der Waals surface area contributed by atoms with E-state index < -0.39 is 0 Å². The maximum Gasteiger partial charge on any atom is 0.202 e. The van der Waals surface area contributed by atoms with Crippen LogP contribution in [0.4, 0.5) is 5.13 Å². The highest BCUT2D eigenvalue weighted by Gasteiger charge is 2.19. The predicted molar refractivity (Wildman–Crippen MR) is 83.9 cm³/mol. The number of hydrogen-bond donors (Lipinski definition) is 1. The Morgan fingerprint density at radius 1 is 1.35 bits per heavy atom. The van der Waals surface area contributed by atoms with Crippen molar-refractivity contribution in [1.29, 1.82) is 0 Å². The van der Waals surface area contributed by atoms with E-state index in [1.807, 2.05) is 18.2 Å². The van der Waals surface area contributed by atoms with Gasteiger partial charge in [0.2, 0.25) is 5.13 Å². The first-order valence-electron chi connectivity index (χ1n) is 6.30. The summed E-state index contributed by atoms with van der Waals surface area (Å²) >= 11 is 7.47. The molecule has 0 aliphatic carbocycles. The summed E-state index contributed by atoms with van der Waals surface area (Å²) in [6.45, 7) is 6.95. The lowest BCUT2D eigenvalue weighted by molar-refractivity contribution is 0.415. The molecule has 0 aliphatic heterocycles. The molecule has 0 atom stereocenters. The minimum Gasteiger partial charge on any atom is -0.495 e. The highest BCUT2D eigenvalue weighted by atomic mass is 35.5. The highest BCUT2D eigenvalue weighted by molar-refractivity contribution is 7.09. The van der Waals surface area contributed by atoms with Crippen molar-refractivity contribution in [3.05, 3.63) is 34.6 Å². The molecule has 1 aromatic carbocycles.